The molecule has 44 heavy (non-hydrogen) atoms. The fraction of sp³-hybridized carbons (Fsp3) is 0.333. The molecule has 0 aliphatic carbocycles. The molecule has 2 aromatic carbocycles. The third-order valence-corrected chi connectivity index (χ3v) is 8.89. The van der Waals surface area contributed by atoms with Gasteiger partial charge in [0.1, 0.15) is 35.2 Å². The van der Waals surface area contributed by atoms with Gasteiger partial charge in [-0.1, -0.05) is 19.6 Å². The van der Waals surface area contributed by atoms with Crippen molar-refractivity contribution in [3.63, 3.8) is 0 Å². The van der Waals surface area contributed by atoms with E-state index in [1.54, 1.807) is 7.11 Å². The van der Waals surface area contributed by atoms with E-state index in [0.717, 1.165) is 18.2 Å². The number of fused-ring (bicyclic) bond motifs is 1. The molecule has 1 aliphatic rings. The van der Waals surface area contributed by atoms with Crippen molar-refractivity contribution in [3.8, 4) is 17.2 Å². The molecule has 3 N–H and O–H groups in total. The molecule has 1 amide bonds. The van der Waals surface area contributed by atoms with Gasteiger partial charge in [0, 0.05) is 64.0 Å². The normalized spacial score (nSPS) is 14.3. The molecule has 1 aliphatic heterocycles. The van der Waals surface area contributed by atoms with Crippen LogP contribution in [0.15, 0.2) is 54.9 Å². The molecule has 234 valence electrons. The van der Waals surface area contributed by atoms with Crippen LogP contribution in [-0.4, -0.2) is 50.6 Å². The van der Waals surface area contributed by atoms with Crippen LogP contribution in [0, 0.1) is 16.8 Å². The quantitative estimate of drug-likeness (QED) is 0.0898. The first-order valence-corrected chi connectivity index (χ1v) is 17.6. The Hall–Kier alpha value is -3.92. The van der Waals surface area contributed by atoms with Gasteiger partial charge in [-0.15, -0.1) is 0 Å². The van der Waals surface area contributed by atoms with E-state index >= 15 is 8.78 Å². The zero-order valence-electron chi connectivity index (χ0n) is 24.8. The summed E-state index contributed by atoms with van der Waals surface area (Å²) in [6, 6.07) is 10.1. The van der Waals surface area contributed by atoms with Crippen LogP contribution >= 0.6 is 0 Å². The largest absolute Gasteiger partial charge is 0.630 e. The number of pyridine rings is 1. The summed E-state index contributed by atoms with van der Waals surface area (Å²) in [6.45, 7) is 8.20. The van der Waals surface area contributed by atoms with Crippen LogP contribution in [-0.2, 0) is 26.5 Å². The second-order valence-corrected chi connectivity index (χ2v) is 17.3. The number of carbonyl (C=O) groups is 1. The number of rotatable bonds is 12. The van der Waals surface area contributed by atoms with Gasteiger partial charge in [-0.2, -0.15) is 0 Å². The first-order valence-electron chi connectivity index (χ1n) is 13.9. The number of carbonyl (C=O) groups excluding carboxylic acids is 1. The highest BCUT2D eigenvalue weighted by Gasteiger charge is 2.44. The lowest BCUT2D eigenvalue weighted by Crippen LogP contribution is -2.70. The molecule has 1 fully saturated rings. The average molecular weight is 629 g/mol. The average Bonchev–Trinajstić information content (AvgIpc) is 3.32. The van der Waals surface area contributed by atoms with Gasteiger partial charge in [0.25, 0.3) is 0 Å². The topological polar surface area (TPSA) is 133 Å². The molecule has 0 radical (unpaired) electrons. The second-order valence-electron chi connectivity index (χ2n) is 11.6. The molecule has 0 bridgehead atoms. The Balaban J connectivity index is 1.39. The maximum Gasteiger partial charge on any atom is 0.417 e. The number of nitrogens with zero attached hydrogens (tertiary/aromatic N) is 2. The van der Waals surface area contributed by atoms with Crippen molar-refractivity contribution in [3.05, 3.63) is 77.3 Å². The lowest BCUT2D eigenvalue weighted by molar-refractivity contribution is -0.497. The number of halogens is 2. The fourth-order valence-corrected chi connectivity index (χ4v) is 5.39. The Kier molecular flexibility index (Phi) is 9.29. The van der Waals surface area contributed by atoms with Crippen molar-refractivity contribution >= 4 is 36.6 Å². The molecular formula is C30H34F2N4O7Si. The van der Waals surface area contributed by atoms with Crippen molar-refractivity contribution in [2.24, 2.45) is 0 Å². The van der Waals surface area contributed by atoms with Crippen LogP contribution in [0.5, 0.6) is 17.2 Å². The van der Waals surface area contributed by atoms with Crippen molar-refractivity contribution in [1.82, 2.24) is 9.55 Å². The van der Waals surface area contributed by atoms with E-state index in [-0.39, 0.29) is 37.1 Å². The number of aromatic nitrogens is 2. The highest BCUT2D eigenvalue weighted by Crippen LogP contribution is 2.43. The monoisotopic (exact) mass is 628 g/mol. The Bertz CT molecular complexity index is 1610. The lowest BCUT2D eigenvalue weighted by Gasteiger charge is -2.40. The summed E-state index contributed by atoms with van der Waals surface area (Å²) in [7, 11) is 0.281. The highest BCUT2D eigenvalue weighted by atomic mass is 28.3. The van der Waals surface area contributed by atoms with E-state index in [9.17, 15) is 10.0 Å². The molecule has 5 rings (SSSR count). The van der Waals surface area contributed by atoms with E-state index < -0.39 is 37.2 Å². The summed E-state index contributed by atoms with van der Waals surface area (Å²) >= 11 is 0. The predicted octanol–water partition coefficient (Wildman–Crippen LogP) is 5.59. The molecule has 11 nitrogen and oxygen atoms in total. The summed E-state index contributed by atoms with van der Waals surface area (Å²) in [5.41, 5.74) is 1.26. The van der Waals surface area contributed by atoms with Crippen molar-refractivity contribution in [2.45, 2.75) is 38.0 Å². The summed E-state index contributed by atoms with van der Waals surface area (Å²) < 4.78 is 60.6. The number of methoxy groups -OCH3 is 1. The van der Waals surface area contributed by atoms with Crippen LogP contribution in [0.3, 0.4) is 0 Å². The first kappa shape index (κ1) is 31.5. The third-order valence-electron chi connectivity index (χ3n) is 7.18. The molecule has 3 heterocycles. The van der Waals surface area contributed by atoms with Crippen LogP contribution in [0.2, 0.25) is 25.7 Å². The van der Waals surface area contributed by atoms with Crippen LogP contribution in [0.4, 0.5) is 25.0 Å². The van der Waals surface area contributed by atoms with Crippen molar-refractivity contribution in [2.75, 3.05) is 32.2 Å². The smallest absolute Gasteiger partial charge is 0.417 e. The van der Waals surface area contributed by atoms with Gasteiger partial charge in [0.2, 0.25) is 0 Å². The van der Waals surface area contributed by atoms with Gasteiger partial charge in [0.05, 0.1) is 24.3 Å². The summed E-state index contributed by atoms with van der Waals surface area (Å²) in [4.78, 5) is 16.8. The number of nitrogens with two attached hydrogens (primary N) is 1. The first-order chi connectivity index (χ1) is 21.0. The zero-order chi connectivity index (χ0) is 31.5. The molecule has 0 spiro atoms. The number of benzene rings is 2. The van der Waals surface area contributed by atoms with Gasteiger partial charge < -0.3 is 38.9 Å². The predicted molar refractivity (Wildman–Crippen MR) is 161 cm³/mol. The van der Waals surface area contributed by atoms with Gasteiger partial charge in [-0.05, 0) is 24.2 Å². The van der Waals surface area contributed by atoms with Crippen LogP contribution in [0.1, 0.15) is 5.56 Å². The van der Waals surface area contributed by atoms with Gasteiger partial charge >= 0.3 is 6.09 Å². The maximum atomic E-state index is 15.3. The van der Waals surface area contributed by atoms with Crippen LogP contribution in [0.25, 0.3) is 11.0 Å². The molecular weight excluding hydrogens is 594 g/mol. The molecule has 4 aromatic rings. The third kappa shape index (κ3) is 6.90. The van der Waals surface area contributed by atoms with Crippen molar-refractivity contribution < 1.29 is 42.7 Å². The number of nitrogens with one attached hydrogen (secondary N) is 1. The highest BCUT2D eigenvalue weighted by molar-refractivity contribution is 6.76. The Morgan fingerprint density at radius 2 is 1.86 bits per heavy atom. The summed E-state index contributed by atoms with van der Waals surface area (Å²) in [6.07, 6.45) is 2.36. The zero-order valence-corrected chi connectivity index (χ0v) is 25.8. The standard InChI is InChI=1S/C30H34F2N4O7Si/c1-39-30(16-41-17-30)22-15-36(18-40-11-12-44(2,3)4)28-26(22)25(9-10-33-28)43-27-23(31)13-20(14-24(27)32)34-29(37)42-21-7-5-19(35-38)6-8-21/h5-10,13-15H,11-12,16-18,35H2,1-4H3,(H,34,37). The molecule has 0 atom stereocenters. The van der Waals surface area contributed by atoms with E-state index in [4.69, 9.17) is 23.7 Å². The number of hydrogen-bond acceptors (Lipinski definition) is 8. The minimum Gasteiger partial charge on any atom is -0.630 e. The van der Waals surface area contributed by atoms with Crippen LogP contribution < -0.4 is 20.3 Å². The Morgan fingerprint density at radius 1 is 1.16 bits per heavy atom. The van der Waals surface area contributed by atoms with Gasteiger partial charge in [-0.25, -0.2) is 18.6 Å². The fourth-order valence-electron chi connectivity index (χ4n) is 4.63. The molecule has 2 aromatic heterocycles. The van der Waals surface area contributed by atoms with E-state index in [1.165, 1.54) is 36.5 Å². The number of ether oxygens (including phenoxy) is 5. The Labute approximate surface area is 253 Å². The summed E-state index contributed by atoms with van der Waals surface area (Å²) in [5, 5.41) is 13.6. The van der Waals surface area contributed by atoms with Crippen molar-refractivity contribution in [1.29, 1.82) is 0 Å². The molecule has 0 unspecified atom stereocenters. The number of anilines is 1. The SMILES string of the molecule is COC1(c2cn(COCC[Si](C)(C)C)c3nccc(Oc4c(F)cc(NC(=O)Oc5ccc([NH2+][O-])cc5)cc4F)c23)COC1. The number of hydrogen-bond donors (Lipinski definition) is 2. The molecule has 14 heteroatoms. The van der Waals surface area contributed by atoms with Gasteiger partial charge in [0.15, 0.2) is 17.4 Å². The van der Waals surface area contributed by atoms with E-state index in [2.05, 4.69) is 29.9 Å². The van der Waals surface area contributed by atoms with E-state index in [1.807, 2.05) is 10.8 Å². The minimum atomic E-state index is -1.29. The molecule has 0 saturated carbocycles. The second kappa shape index (κ2) is 13.0. The summed E-state index contributed by atoms with van der Waals surface area (Å²) in [5.74, 6) is -2.46. The number of amides is 1. The molecule has 1 saturated heterocycles. The lowest BCUT2D eigenvalue weighted by atomic mass is 9.91. The number of quaternary nitrogens is 1. The van der Waals surface area contributed by atoms with Gasteiger partial charge in [-0.3, -0.25) is 5.32 Å². The van der Waals surface area contributed by atoms with E-state index in [0.29, 0.717) is 34.4 Å². The Morgan fingerprint density at radius 3 is 2.45 bits per heavy atom. The minimum absolute atomic E-state index is 0.144. The maximum absolute atomic E-state index is 15.3.